The SMILES string of the molecule is CC(NCCN1CCCCC1)C1COc2ccccc21. The van der Waals surface area contributed by atoms with Crippen LogP contribution in [-0.2, 0) is 0 Å². The van der Waals surface area contributed by atoms with Crippen molar-refractivity contribution < 1.29 is 4.74 Å². The van der Waals surface area contributed by atoms with E-state index in [4.69, 9.17) is 4.74 Å². The third-order valence-electron chi connectivity index (χ3n) is 4.68. The highest BCUT2D eigenvalue weighted by atomic mass is 16.5. The van der Waals surface area contributed by atoms with Crippen molar-refractivity contribution in [1.29, 1.82) is 0 Å². The summed E-state index contributed by atoms with van der Waals surface area (Å²) in [6, 6.07) is 8.92. The molecular weight excluding hydrogens is 248 g/mol. The Morgan fingerprint density at radius 2 is 2.05 bits per heavy atom. The third kappa shape index (κ3) is 3.15. The number of benzene rings is 1. The molecule has 1 aromatic carbocycles. The van der Waals surface area contributed by atoms with E-state index in [1.54, 1.807) is 0 Å². The van der Waals surface area contributed by atoms with Gasteiger partial charge in [-0.05, 0) is 38.9 Å². The van der Waals surface area contributed by atoms with Crippen LogP contribution >= 0.6 is 0 Å². The number of rotatable bonds is 5. The van der Waals surface area contributed by atoms with Gasteiger partial charge in [0.2, 0.25) is 0 Å². The first-order valence-corrected chi connectivity index (χ1v) is 8.02. The number of hydrogen-bond donors (Lipinski definition) is 1. The summed E-state index contributed by atoms with van der Waals surface area (Å²) in [5, 5.41) is 3.69. The van der Waals surface area contributed by atoms with Gasteiger partial charge in [-0.2, -0.15) is 0 Å². The lowest BCUT2D eigenvalue weighted by Gasteiger charge is -2.28. The molecule has 1 N–H and O–H groups in total. The summed E-state index contributed by atoms with van der Waals surface area (Å²) in [5.74, 6) is 1.56. The fraction of sp³-hybridized carbons (Fsp3) is 0.647. The van der Waals surface area contributed by atoms with Gasteiger partial charge >= 0.3 is 0 Å². The smallest absolute Gasteiger partial charge is 0.122 e. The van der Waals surface area contributed by atoms with Crippen LogP contribution in [0.25, 0.3) is 0 Å². The molecule has 2 heterocycles. The zero-order chi connectivity index (χ0) is 13.8. The molecule has 0 radical (unpaired) electrons. The van der Waals surface area contributed by atoms with Crippen molar-refractivity contribution in [3.63, 3.8) is 0 Å². The predicted molar refractivity (Wildman–Crippen MR) is 82.4 cm³/mol. The molecule has 0 aromatic heterocycles. The van der Waals surface area contributed by atoms with E-state index in [-0.39, 0.29) is 0 Å². The highest BCUT2D eigenvalue weighted by Gasteiger charge is 2.28. The molecule has 20 heavy (non-hydrogen) atoms. The Morgan fingerprint density at radius 1 is 1.25 bits per heavy atom. The van der Waals surface area contributed by atoms with Crippen LogP contribution in [-0.4, -0.2) is 43.7 Å². The highest BCUT2D eigenvalue weighted by molar-refractivity contribution is 5.40. The van der Waals surface area contributed by atoms with Gasteiger partial charge in [0.05, 0.1) is 6.61 Å². The first kappa shape index (κ1) is 13.9. The monoisotopic (exact) mass is 274 g/mol. The molecule has 0 aliphatic carbocycles. The Balaban J connectivity index is 1.46. The van der Waals surface area contributed by atoms with Gasteiger partial charge in [0.25, 0.3) is 0 Å². The molecule has 1 fully saturated rings. The Labute approximate surface area is 122 Å². The van der Waals surface area contributed by atoms with Crippen LogP contribution in [0.1, 0.15) is 37.7 Å². The van der Waals surface area contributed by atoms with Crippen molar-refractivity contribution >= 4 is 0 Å². The molecule has 0 bridgehead atoms. The number of fused-ring (bicyclic) bond motifs is 1. The zero-order valence-corrected chi connectivity index (χ0v) is 12.5. The summed E-state index contributed by atoms with van der Waals surface area (Å²) >= 11 is 0. The second kappa shape index (κ2) is 6.59. The summed E-state index contributed by atoms with van der Waals surface area (Å²) in [7, 11) is 0. The number of ether oxygens (including phenoxy) is 1. The molecule has 2 aliphatic heterocycles. The van der Waals surface area contributed by atoms with Crippen LogP contribution in [0, 0.1) is 0 Å². The molecule has 1 saturated heterocycles. The van der Waals surface area contributed by atoms with E-state index in [0.29, 0.717) is 12.0 Å². The molecule has 2 aliphatic rings. The van der Waals surface area contributed by atoms with Gasteiger partial charge in [0, 0.05) is 30.6 Å². The largest absolute Gasteiger partial charge is 0.493 e. The maximum Gasteiger partial charge on any atom is 0.122 e. The van der Waals surface area contributed by atoms with Crippen molar-refractivity contribution in [2.75, 3.05) is 32.8 Å². The van der Waals surface area contributed by atoms with E-state index < -0.39 is 0 Å². The number of para-hydroxylation sites is 1. The van der Waals surface area contributed by atoms with Gasteiger partial charge in [-0.1, -0.05) is 24.6 Å². The number of nitrogens with zero attached hydrogens (tertiary/aromatic N) is 1. The highest BCUT2D eigenvalue weighted by Crippen LogP contribution is 2.35. The first-order chi connectivity index (χ1) is 9.84. The molecule has 0 saturated carbocycles. The maximum atomic E-state index is 5.78. The second-order valence-corrected chi connectivity index (χ2v) is 6.10. The summed E-state index contributed by atoms with van der Waals surface area (Å²) in [5.41, 5.74) is 1.37. The quantitative estimate of drug-likeness (QED) is 0.893. The fourth-order valence-corrected chi connectivity index (χ4v) is 3.38. The molecule has 3 rings (SSSR count). The van der Waals surface area contributed by atoms with E-state index in [9.17, 15) is 0 Å². The lowest BCUT2D eigenvalue weighted by atomic mass is 9.94. The normalized spacial score (nSPS) is 24.1. The first-order valence-electron chi connectivity index (χ1n) is 8.02. The summed E-state index contributed by atoms with van der Waals surface area (Å²) in [6.45, 7) is 7.93. The molecule has 110 valence electrons. The van der Waals surface area contributed by atoms with Crippen LogP contribution in [0.4, 0.5) is 0 Å². The van der Waals surface area contributed by atoms with Crippen molar-refractivity contribution in [2.24, 2.45) is 0 Å². The fourth-order valence-electron chi connectivity index (χ4n) is 3.38. The summed E-state index contributed by atoms with van der Waals surface area (Å²) in [4.78, 5) is 2.59. The van der Waals surface area contributed by atoms with Crippen LogP contribution in [0.2, 0.25) is 0 Å². The lowest BCUT2D eigenvalue weighted by molar-refractivity contribution is 0.223. The Kier molecular flexibility index (Phi) is 4.58. The number of likely N-dealkylation sites (tertiary alicyclic amines) is 1. The van der Waals surface area contributed by atoms with Crippen LogP contribution in [0.3, 0.4) is 0 Å². The van der Waals surface area contributed by atoms with Crippen molar-refractivity contribution in [3.05, 3.63) is 29.8 Å². The van der Waals surface area contributed by atoms with Crippen molar-refractivity contribution in [1.82, 2.24) is 10.2 Å². The molecule has 2 unspecified atom stereocenters. The molecule has 1 aromatic rings. The summed E-state index contributed by atoms with van der Waals surface area (Å²) in [6.07, 6.45) is 4.16. The standard InChI is InChI=1S/C17H26N2O/c1-14(18-9-12-19-10-5-2-6-11-19)16-13-20-17-8-4-3-7-15(16)17/h3-4,7-8,14,16,18H,2,5-6,9-13H2,1H3. The third-order valence-corrected chi connectivity index (χ3v) is 4.68. The minimum atomic E-state index is 0.475. The lowest BCUT2D eigenvalue weighted by Crippen LogP contribution is -2.40. The topological polar surface area (TPSA) is 24.5 Å². The van der Waals surface area contributed by atoms with Crippen molar-refractivity contribution in [2.45, 2.75) is 38.1 Å². The minimum Gasteiger partial charge on any atom is -0.493 e. The van der Waals surface area contributed by atoms with E-state index in [2.05, 4.69) is 41.4 Å². The van der Waals surface area contributed by atoms with E-state index in [0.717, 1.165) is 18.9 Å². The Hall–Kier alpha value is -1.06. The van der Waals surface area contributed by atoms with Crippen molar-refractivity contribution in [3.8, 4) is 5.75 Å². The number of nitrogens with one attached hydrogen (secondary N) is 1. The average Bonchev–Trinajstić information content (AvgIpc) is 2.92. The van der Waals surface area contributed by atoms with Crippen LogP contribution in [0.5, 0.6) is 5.75 Å². The zero-order valence-electron chi connectivity index (χ0n) is 12.5. The number of piperidine rings is 1. The Morgan fingerprint density at radius 3 is 2.90 bits per heavy atom. The molecule has 3 nitrogen and oxygen atoms in total. The second-order valence-electron chi connectivity index (χ2n) is 6.10. The number of hydrogen-bond acceptors (Lipinski definition) is 3. The summed E-state index contributed by atoms with van der Waals surface area (Å²) < 4.78 is 5.78. The molecule has 0 amide bonds. The Bertz CT molecular complexity index is 429. The van der Waals surface area contributed by atoms with Gasteiger partial charge in [-0.25, -0.2) is 0 Å². The van der Waals surface area contributed by atoms with E-state index >= 15 is 0 Å². The molecule has 3 heteroatoms. The molecule has 2 atom stereocenters. The van der Waals surface area contributed by atoms with E-state index in [1.165, 1.54) is 44.5 Å². The molecular formula is C17H26N2O. The van der Waals surface area contributed by atoms with Gasteiger partial charge in [0.15, 0.2) is 0 Å². The maximum absolute atomic E-state index is 5.78. The minimum absolute atomic E-state index is 0.475. The molecule has 0 spiro atoms. The van der Waals surface area contributed by atoms with Gasteiger partial charge < -0.3 is 15.0 Å². The predicted octanol–water partition coefficient (Wildman–Crippen LogP) is 2.63. The van der Waals surface area contributed by atoms with Gasteiger partial charge in [0.1, 0.15) is 5.75 Å². The van der Waals surface area contributed by atoms with Crippen LogP contribution in [0.15, 0.2) is 24.3 Å². The van der Waals surface area contributed by atoms with Gasteiger partial charge in [-0.15, -0.1) is 0 Å². The average molecular weight is 274 g/mol. The van der Waals surface area contributed by atoms with E-state index in [1.807, 2.05) is 0 Å². The van der Waals surface area contributed by atoms with Crippen LogP contribution < -0.4 is 10.1 Å². The van der Waals surface area contributed by atoms with Gasteiger partial charge in [-0.3, -0.25) is 0 Å².